The number of nitro groups is 1. The summed E-state index contributed by atoms with van der Waals surface area (Å²) in [6.07, 6.45) is 0. The zero-order valence-corrected chi connectivity index (χ0v) is 11.9. The molecule has 8 nitrogen and oxygen atoms in total. The molecule has 0 heterocycles. The molecule has 0 radical (unpaired) electrons. The van der Waals surface area contributed by atoms with E-state index in [1.54, 1.807) is 0 Å². The maximum atomic E-state index is 11.9. The van der Waals surface area contributed by atoms with Gasteiger partial charge in [-0.05, 0) is 18.1 Å². The third kappa shape index (κ3) is 5.09. The Morgan fingerprint density at radius 2 is 2.00 bits per heavy atom. The van der Waals surface area contributed by atoms with Crippen LogP contribution in [0.3, 0.4) is 0 Å². The molecule has 2 amide bonds. The van der Waals surface area contributed by atoms with Crippen molar-refractivity contribution in [1.82, 2.24) is 10.6 Å². The van der Waals surface area contributed by atoms with Crippen molar-refractivity contribution in [3.63, 3.8) is 0 Å². The van der Waals surface area contributed by atoms with E-state index >= 15 is 0 Å². The number of benzene rings is 1. The zero-order valence-electron chi connectivity index (χ0n) is 11.9. The van der Waals surface area contributed by atoms with Crippen molar-refractivity contribution >= 4 is 23.2 Å². The number of rotatable bonds is 6. The molecule has 0 fully saturated rings. The van der Waals surface area contributed by atoms with Gasteiger partial charge in [0.1, 0.15) is 5.56 Å². The summed E-state index contributed by atoms with van der Waals surface area (Å²) < 4.78 is 0. The van der Waals surface area contributed by atoms with Gasteiger partial charge in [0.05, 0.1) is 11.5 Å². The lowest BCUT2D eigenvalue weighted by Gasteiger charge is -2.09. The van der Waals surface area contributed by atoms with Gasteiger partial charge in [-0.25, -0.2) is 0 Å². The molecule has 4 N–H and O–H groups in total. The second-order valence-corrected chi connectivity index (χ2v) is 4.91. The number of carbonyl (C=O) groups excluding carboxylic acids is 2. The van der Waals surface area contributed by atoms with E-state index in [-0.39, 0.29) is 29.4 Å². The molecule has 0 aromatic heterocycles. The minimum Gasteiger partial charge on any atom is -0.399 e. The van der Waals surface area contributed by atoms with Gasteiger partial charge in [0.2, 0.25) is 5.91 Å². The van der Waals surface area contributed by atoms with Gasteiger partial charge in [-0.15, -0.1) is 0 Å². The Balaban J connectivity index is 2.70. The lowest BCUT2D eigenvalue weighted by atomic mass is 10.1. The smallest absolute Gasteiger partial charge is 0.282 e. The first-order valence-corrected chi connectivity index (χ1v) is 6.40. The van der Waals surface area contributed by atoms with E-state index in [9.17, 15) is 19.7 Å². The molecule has 0 saturated heterocycles. The quantitative estimate of drug-likeness (QED) is 0.404. The number of nitrogen functional groups attached to an aromatic ring is 1. The van der Waals surface area contributed by atoms with Gasteiger partial charge in [-0.1, -0.05) is 13.8 Å². The number of nitrogens with zero attached hydrogens (tertiary/aromatic N) is 1. The molecule has 0 aliphatic heterocycles. The van der Waals surface area contributed by atoms with Crippen molar-refractivity contribution in [3.05, 3.63) is 33.9 Å². The van der Waals surface area contributed by atoms with Crippen LogP contribution < -0.4 is 16.4 Å². The zero-order chi connectivity index (χ0) is 16.0. The van der Waals surface area contributed by atoms with E-state index in [1.165, 1.54) is 12.1 Å². The summed E-state index contributed by atoms with van der Waals surface area (Å²) in [7, 11) is 0. The third-order valence-corrected chi connectivity index (χ3v) is 2.58. The van der Waals surface area contributed by atoms with E-state index in [4.69, 9.17) is 5.73 Å². The maximum absolute atomic E-state index is 11.9. The van der Waals surface area contributed by atoms with Crippen LogP contribution in [0.2, 0.25) is 0 Å². The Bertz CT molecular complexity index is 557. The summed E-state index contributed by atoms with van der Waals surface area (Å²) >= 11 is 0. The molecule has 1 aromatic carbocycles. The lowest BCUT2D eigenvalue weighted by molar-refractivity contribution is -0.385. The molecular formula is C13H18N4O4. The standard InChI is InChI=1S/C13H18N4O4/c1-8(2)6-15-12(18)7-16-13(19)10-5-9(14)3-4-11(10)17(20)21/h3-5,8H,6-7,14H2,1-2H3,(H,15,18)(H,16,19). The molecule has 0 bridgehead atoms. The number of amides is 2. The van der Waals surface area contributed by atoms with Crippen LogP contribution in [0.15, 0.2) is 18.2 Å². The van der Waals surface area contributed by atoms with Gasteiger partial charge in [0, 0.05) is 18.3 Å². The molecule has 1 rings (SSSR count). The fourth-order valence-corrected chi connectivity index (χ4v) is 1.53. The molecule has 21 heavy (non-hydrogen) atoms. The van der Waals surface area contributed by atoms with Crippen LogP contribution in [-0.4, -0.2) is 29.8 Å². The highest BCUT2D eigenvalue weighted by molar-refractivity contribution is 6.00. The van der Waals surface area contributed by atoms with Crippen molar-refractivity contribution in [2.75, 3.05) is 18.8 Å². The van der Waals surface area contributed by atoms with Crippen LogP contribution in [0.1, 0.15) is 24.2 Å². The van der Waals surface area contributed by atoms with Crippen LogP contribution >= 0.6 is 0 Å². The van der Waals surface area contributed by atoms with E-state index in [0.29, 0.717) is 12.5 Å². The van der Waals surface area contributed by atoms with Crippen molar-refractivity contribution in [2.24, 2.45) is 5.92 Å². The van der Waals surface area contributed by atoms with Crippen LogP contribution in [0.25, 0.3) is 0 Å². The molecule has 0 unspecified atom stereocenters. The van der Waals surface area contributed by atoms with Crippen LogP contribution in [0.4, 0.5) is 11.4 Å². The van der Waals surface area contributed by atoms with E-state index in [2.05, 4.69) is 10.6 Å². The molecule has 1 aromatic rings. The van der Waals surface area contributed by atoms with Crippen molar-refractivity contribution < 1.29 is 14.5 Å². The molecule has 0 saturated carbocycles. The van der Waals surface area contributed by atoms with Crippen molar-refractivity contribution in [1.29, 1.82) is 0 Å². The molecule has 0 atom stereocenters. The maximum Gasteiger partial charge on any atom is 0.282 e. The topological polar surface area (TPSA) is 127 Å². The minimum absolute atomic E-state index is 0.170. The summed E-state index contributed by atoms with van der Waals surface area (Å²) in [5.41, 5.74) is 5.23. The van der Waals surface area contributed by atoms with Crippen LogP contribution in [0.5, 0.6) is 0 Å². The fourth-order valence-electron chi connectivity index (χ4n) is 1.53. The Morgan fingerprint density at radius 1 is 1.33 bits per heavy atom. The van der Waals surface area contributed by atoms with E-state index in [1.807, 2.05) is 13.8 Å². The Labute approximate surface area is 121 Å². The van der Waals surface area contributed by atoms with Gasteiger partial charge in [0.25, 0.3) is 11.6 Å². The van der Waals surface area contributed by atoms with Gasteiger partial charge >= 0.3 is 0 Å². The molecule has 114 valence electrons. The van der Waals surface area contributed by atoms with Gasteiger partial charge in [-0.3, -0.25) is 19.7 Å². The van der Waals surface area contributed by atoms with Crippen molar-refractivity contribution in [3.8, 4) is 0 Å². The number of nitrogens with two attached hydrogens (primary N) is 1. The molecular weight excluding hydrogens is 276 g/mol. The summed E-state index contributed by atoms with van der Waals surface area (Å²) in [6.45, 7) is 4.12. The number of carbonyl (C=O) groups is 2. The number of nitrogens with one attached hydrogen (secondary N) is 2. The van der Waals surface area contributed by atoms with Gasteiger partial charge in [0.15, 0.2) is 0 Å². The van der Waals surface area contributed by atoms with Gasteiger partial charge < -0.3 is 16.4 Å². The average Bonchev–Trinajstić information content (AvgIpc) is 2.41. The average molecular weight is 294 g/mol. The van der Waals surface area contributed by atoms with E-state index < -0.39 is 10.8 Å². The summed E-state index contributed by atoms with van der Waals surface area (Å²) in [5.74, 6) is -0.781. The van der Waals surface area contributed by atoms with Crippen LogP contribution in [0, 0.1) is 16.0 Å². The lowest BCUT2D eigenvalue weighted by Crippen LogP contribution is -2.38. The molecule has 0 aliphatic carbocycles. The Hall–Kier alpha value is -2.64. The van der Waals surface area contributed by atoms with Crippen LogP contribution in [-0.2, 0) is 4.79 Å². The number of anilines is 1. The second-order valence-electron chi connectivity index (χ2n) is 4.91. The highest BCUT2D eigenvalue weighted by atomic mass is 16.6. The summed E-state index contributed by atoms with van der Waals surface area (Å²) in [4.78, 5) is 33.6. The number of hydrogen-bond donors (Lipinski definition) is 3. The van der Waals surface area contributed by atoms with Gasteiger partial charge in [-0.2, -0.15) is 0 Å². The largest absolute Gasteiger partial charge is 0.399 e. The number of nitro benzene ring substituents is 1. The van der Waals surface area contributed by atoms with E-state index in [0.717, 1.165) is 6.07 Å². The Kier molecular flexibility index (Phi) is 5.65. The fraction of sp³-hybridized carbons (Fsp3) is 0.385. The normalized spacial score (nSPS) is 10.2. The third-order valence-electron chi connectivity index (χ3n) is 2.58. The second kappa shape index (κ2) is 7.22. The monoisotopic (exact) mass is 294 g/mol. The predicted octanol–water partition coefficient (Wildman–Crippen LogP) is 0.679. The number of hydrogen-bond acceptors (Lipinski definition) is 5. The minimum atomic E-state index is -0.714. The SMILES string of the molecule is CC(C)CNC(=O)CNC(=O)c1cc(N)ccc1[N+](=O)[O-]. The first-order chi connectivity index (χ1) is 9.81. The first kappa shape index (κ1) is 16.4. The summed E-state index contributed by atoms with van der Waals surface area (Å²) in [5, 5.41) is 15.8. The Morgan fingerprint density at radius 3 is 2.57 bits per heavy atom. The molecule has 8 heteroatoms. The molecule has 0 spiro atoms. The first-order valence-electron chi connectivity index (χ1n) is 6.40. The highest BCUT2D eigenvalue weighted by Gasteiger charge is 2.20. The predicted molar refractivity (Wildman–Crippen MR) is 77.7 cm³/mol. The highest BCUT2D eigenvalue weighted by Crippen LogP contribution is 2.20. The summed E-state index contributed by atoms with van der Waals surface area (Å²) in [6, 6.07) is 3.70. The van der Waals surface area contributed by atoms with Crippen molar-refractivity contribution in [2.45, 2.75) is 13.8 Å². The molecule has 0 aliphatic rings.